The number of benzene rings is 2. The molecule has 0 radical (unpaired) electrons. The zero-order valence-corrected chi connectivity index (χ0v) is 20.9. The topological polar surface area (TPSA) is 112 Å². The van der Waals surface area contributed by atoms with Crippen LogP contribution in [0.1, 0.15) is 10.4 Å². The van der Waals surface area contributed by atoms with E-state index in [0.717, 1.165) is 38.7 Å². The first kappa shape index (κ1) is 23.4. The Kier molecular flexibility index (Phi) is 5.59. The van der Waals surface area contributed by atoms with Crippen LogP contribution in [0.5, 0.6) is 0 Å². The van der Waals surface area contributed by atoms with Crippen molar-refractivity contribution in [1.29, 1.82) is 0 Å². The first-order chi connectivity index (χ1) is 19.6. The second-order valence-corrected chi connectivity index (χ2v) is 9.28. The molecular weight excluding hydrogens is 505 g/mol. The predicted octanol–water partition coefficient (Wildman–Crippen LogP) is 6.62. The van der Waals surface area contributed by atoms with Gasteiger partial charge in [-0.25, -0.2) is 9.37 Å². The summed E-state index contributed by atoms with van der Waals surface area (Å²) in [6, 6.07) is 23.1. The van der Waals surface area contributed by atoms with Gasteiger partial charge in [-0.2, -0.15) is 5.10 Å². The number of pyridine rings is 3. The van der Waals surface area contributed by atoms with Gasteiger partial charge in [-0.3, -0.25) is 19.9 Å². The number of rotatable bonds is 5. The highest BCUT2D eigenvalue weighted by Crippen LogP contribution is 2.34. The molecule has 0 aliphatic rings. The Labute approximate surface area is 227 Å². The molecule has 0 aliphatic carbocycles. The van der Waals surface area contributed by atoms with Gasteiger partial charge in [0.05, 0.1) is 35.0 Å². The minimum Gasteiger partial charge on any atom is -0.338 e. The summed E-state index contributed by atoms with van der Waals surface area (Å²) in [4.78, 5) is 29.3. The van der Waals surface area contributed by atoms with Crippen LogP contribution in [-0.2, 0) is 0 Å². The Bertz CT molecular complexity index is 2030. The molecule has 9 heteroatoms. The predicted molar refractivity (Wildman–Crippen MR) is 152 cm³/mol. The van der Waals surface area contributed by atoms with E-state index in [2.05, 4.69) is 35.5 Å². The maximum Gasteiger partial charge on any atom is 0.255 e. The van der Waals surface area contributed by atoms with Crippen LogP contribution in [0.3, 0.4) is 0 Å². The Morgan fingerprint density at radius 2 is 1.73 bits per heavy atom. The lowest BCUT2D eigenvalue weighted by Gasteiger charge is -2.07. The SMILES string of the molecule is O=C(Nc1cncc(-c2cc3c(-c4cc5c(-c6cccc(F)c6)ccnc5[nH]4)n[nH]c3cn2)c1)c1ccccc1. The molecule has 5 heterocycles. The molecule has 3 N–H and O–H groups in total. The van der Waals surface area contributed by atoms with E-state index < -0.39 is 0 Å². The third kappa shape index (κ3) is 4.25. The first-order valence-electron chi connectivity index (χ1n) is 12.5. The van der Waals surface area contributed by atoms with Crippen LogP contribution in [0.25, 0.3) is 55.7 Å². The van der Waals surface area contributed by atoms with Crippen LogP contribution in [0.4, 0.5) is 10.1 Å². The maximum absolute atomic E-state index is 13.9. The van der Waals surface area contributed by atoms with E-state index in [-0.39, 0.29) is 11.7 Å². The average molecular weight is 526 g/mol. The number of fused-ring (bicyclic) bond motifs is 2. The van der Waals surface area contributed by atoms with Crippen molar-refractivity contribution in [2.75, 3.05) is 5.32 Å². The fraction of sp³-hybridized carbons (Fsp3) is 0. The van der Waals surface area contributed by atoms with Crippen molar-refractivity contribution in [3.8, 4) is 33.8 Å². The fourth-order valence-corrected chi connectivity index (χ4v) is 4.78. The second kappa shape index (κ2) is 9.55. The Morgan fingerprint density at radius 3 is 2.60 bits per heavy atom. The van der Waals surface area contributed by atoms with E-state index in [1.807, 2.05) is 48.5 Å². The van der Waals surface area contributed by atoms with Crippen LogP contribution in [0.15, 0.2) is 104 Å². The average Bonchev–Trinajstić information content (AvgIpc) is 3.61. The number of hydrogen-bond donors (Lipinski definition) is 3. The summed E-state index contributed by atoms with van der Waals surface area (Å²) in [7, 11) is 0. The highest BCUT2D eigenvalue weighted by molar-refractivity contribution is 6.04. The molecule has 0 fully saturated rings. The van der Waals surface area contributed by atoms with E-state index in [4.69, 9.17) is 0 Å². The van der Waals surface area contributed by atoms with Crippen LogP contribution in [0, 0.1) is 5.82 Å². The second-order valence-electron chi connectivity index (χ2n) is 9.28. The standard InChI is InChI=1S/C31H20FN7O/c32-21-8-4-7-19(11-21)23-9-10-34-30-24(23)13-27(37-30)29-25-14-26(35-17-28(25)38-39-29)20-12-22(16-33-15-20)36-31(40)18-5-2-1-3-6-18/h1-17H,(H,34,37)(H,36,40)(H,38,39). The zero-order chi connectivity index (χ0) is 27.1. The summed E-state index contributed by atoms with van der Waals surface area (Å²) in [5.74, 6) is -0.514. The van der Waals surface area contributed by atoms with Crippen LogP contribution in [0.2, 0.25) is 0 Å². The summed E-state index contributed by atoms with van der Waals surface area (Å²) in [5.41, 5.74) is 7.07. The fourth-order valence-electron chi connectivity index (χ4n) is 4.78. The number of carbonyl (C=O) groups is 1. The van der Waals surface area contributed by atoms with Gasteiger partial charge in [-0.05, 0) is 59.7 Å². The van der Waals surface area contributed by atoms with E-state index in [9.17, 15) is 9.18 Å². The lowest BCUT2D eigenvalue weighted by Crippen LogP contribution is -2.11. The molecule has 0 aliphatic heterocycles. The van der Waals surface area contributed by atoms with E-state index in [1.165, 1.54) is 12.1 Å². The van der Waals surface area contributed by atoms with Gasteiger partial charge >= 0.3 is 0 Å². The van der Waals surface area contributed by atoms with Crippen molar-refractivity contribution in [1.82, 2.24) is 30.1 Å². The monoisotopic (exact) mass is 525 g/mol. The van der Waals surface area contributed by atoms with Gasteiger partial charge in [0, 0.05) is 34.3 Å². The van der Waals surface area contributed by atoms with Gasteiger partial charge < -0.3 is 10.3 Å². The number of anilines is 1. The Hall–Kier alpha value is -5.70. The molecule has 2 aromatic carbocycles. The molecule has 0 spiro atoms. The Balaban J connectivity index is 1.25. The maximum atomic E-state index is 13.9. The quantitative estimate of drug-likeness (QED) is 0.234. The molecule has 0 atom stereocenters. The molecular formula is C31H20FN7O. The van der Waals surface area contributed by atoms with Gasteiger partial charge in [0.1, 0.15) is 17.2 Å². The highest BCUT2D eigenvalue weighted by atomic mass is 19.1. The third-order valence-corrected chi connectivity index (χ3v) is 6.70. The molecule has 7 rings (SSSR count). The number of H-pyrrole nitrogens is 2. The van der Waals surface area contributed by atoms with Crippen molar-refractivity contribution in [2.45, 2.75) is 0 Å². The minimum atomic E-state index is -0.297. The van der Waals surface area contributed by atoms with Crippen LogP contribution >= 0.6 is 0 Å². The van der Waals surface area contributed by atoms with Crippen molar-refractivity contribution >= 4 is 33.5 Å². The van der Waals surface area contributed by atoms with Crippen molar-refractivity contribution < 1.29 is 9.18 Å². The summed E-state index contributed by atoms with van der Waals surface area (Å²) < 4.78 is 13.9. The molecule has 8 nitrogen and oxygen atoms in total. The number of carbonyl (C=O) groups excluding carboxylic acids is 1. The van der Waals surface area contributed by atoms with E-state index in [1.54, 1.807) is 43.0 Å². The first-order valence-corrected chi connectivity index (χ1v) is 12.5. The molecule has 0 saturated heterocycles. The van der Waals surface area contributed by atoms with Gasteiger partial charge in [0.15, 0.2) is 0 Å². The highest BCUT2D eigenvalue weighted by Gasteiger charge is 2.16. The van der Waals surface area contributed by atoms with Crippen LogP contribution < -0.4 is 5.32 Å². The molecule has 7 aromatic rings. The molecule has 0 unspecified atom stereocenters. The summed E-state index contributed by atoms with van der Waals surface area (Å²) in [5, 5.41) is 12.2. The molecule has 40 heavy (non-hydrogen) atoms. The lowest BCUT2D eigenvalue weighted by molar-refractivity contribution is 0.102. The molecule has 0 saturated carbocycles. The third-order valence-electron chi connectivity index (χ3n) is 6.70. The largest absolute Gasteiger partial charge is 0.338 e. The van der Waals surface area contributed by atoms with Gasteiger partial charge in [0.2, 0.25) is 0 Å². The smallest absolute Gasteiger partial charge is 0.255 e. The van der Waals surface area contributed by atoms with Crippen molar-refractivity contribution in [3.05, 3.63) is 115 Å². The number of hydrogen-bond acceptors (Lipinski definition) is 5. The van der Waals surface area contributed by atoms with Gasteiger partial charge in [0.25, 0.3) is 5.91 Å². The summed E-state index contributed by atoms with van der Waals surface area (Å²) in [6.07, 6.45) is 6.71. The summed E-state index contributed by atoms with van der Waals surface area (Å²) >= 11 is 0. The molecule has 1 amide bonds. The van der Waals surface area contributed by atoms with Crippen LogP contribution in [-0.4, -0.2) is 36.0 Å². The van der Waals surface area contributed by atoms with Crippen molar-refractivity contribution in [2.24, 2.45) is 0 Å². The zero-order valence-electron chi connectivity index (χ0n) is 20.9. The number of nitrogens with zero attached hydrogens (tertiary/aromatic N) is 4. The molecule has 0 bridgehead atoms. The van der Waals surface area contributed by atoms with E-state index in [0.29, 0.717) is 28.3 Å². The molecule has 5 aromatic heterocycles. The lowest BCUT2D eigenvalue weighted by atomic mass is 10.0. The number of halogens is 1. The number of amides is 1. The number of aromatic nitrogens is 6. The van der Waals surface area contributed by atoms with Gasteiger partial charge in [-0.15, -0.1) is 0 Å². The number of nitrogens with one attached hydrogen (secondary N) is 3. The van der Waals surface area contributed by atoms with E-state index >= 15 is 0 Å². The Morgan fingerprint density at radius 1 is 0.825 bits per heavy atom. The number of aromatic amines is 2. The minimum absolute atomic E-state index is 0.217. The normalized spacial score (nSPS) is 11.2. The summed E-state index contributed by atoms with van der Waals surface area (Å²) in [6.45, 7) is 0. The van der Waals surface area contributed by atoms with Gasteiger partial charge in [-0.1, -0.05) is 30.3 Å². The molecule has 192 valence electrons. The van der Waals surface area contributed by atoms with Crippen molar-refractivity contribution in [3.63, 3.8) is 0 Å².